The number of carbonyl (C=O) groups is 2. The van der Waals surface area contributed by atoms with Gasteiger partial charge in [-0.05, 0) is 30.7 Å². The number of urea groups is 1. The van der Waals surface area contributed by atoms with Crippen molar-refractivity contribution in [3.63, 3.8) is 0 Å². The summed E-state index contributed by atoms with van der Waals surface area (Å²) >= 11 is 0. The molecule has 0 aromatic heterocycles. The minimum Gasteiger partial charge on any atom is -0.493 e. The van der Waals surface area contributed by atoms with Gasteiger partial charge in [-0.1, -0.05) is 18.2 Å². The molecule has 9 heteroatoms. The molecule has 0 spiro atoms. The van der Waals surface area contributed by atoms with Crippen molar-refractivity contribution in [1.29, 1.82) is 0 Å². The van der Waals surface area contributed by atoms with Gasteiger partial charge in [-0.3, -0.25) is 0 Å². The molecule has 31 heavy (non-hydrogen) atoms. The topological polar surface area (TPSA) is 104 Å². The third-order valence-corrected chi connectivity index (χ3v) is 5.04. The highest BCUT2D eigenvalue weighted by molar-refractivity contribution is 5.95. The molecule has 0 unspecified atom stereocenters. The smallest absolute Gasteiger partial charge is 0.338 e. The van der Waals surface area contributed by atoms with Crippen molar-refractivity contribution in [2.75, 3.05) is 21.0 Å². The zero-order chi connectivity index (χ0) is 22.0. The van der Waals surface area contributed by atoms with Crippen molar-refractivity contribution in [2.45, 2.75) is 19.6 Å². The molecule has 2 aromatic carbocycles. The summed E-state index contributed by atoms with van der Waals surface area (Å²) in [5.41, 5.74) is 1.99. The summed E-state index contributed by atoms with van der Waals surface area (Å²) in [4.78, 5) is 25.2. The number of carbonyl (C=O) groups excluding carboxylic acids is 2. The van der Waals surface area contributed by atoms with Gasteiger partial charge in [0.25, 0.3) is 0 Å². The third-order valence-electron chi connectivity index (χ3n) is 5.04. The van der Waals surface area contributed by atoms with Crippen LogP contribution in [-0.2, 0) is 16.1 Å². The van der Waals surface area contributed by atoms with E-state index >= 15 is 0 Å². The van der Waals surface area contributed by atoms with Gasteiger partial charge in [-0.15, -0.1) is 0 Å². The summed E-state index contributed by atoms with van der Waals surface area (Å²) in [6.07, 6.45) is 0. The minimum absolute atomic E-state index is 0.0299. The fraction of sp³-hybridized carbons (Fsp3) is 0.273. The van der Waals surface area contributed by atoms with Crippen LogP contribution in [0.4, 0.5) is 4.79 Å². The molecule has 4 rings (SSSR count). The van der Waals surface area contributed by atoms with Gasteiger partial charge in [0.2, 0.25) is 6.79 Å². The average molecular weight is 426 g/mol. The van der Waals surface area contributed by atoms with Crippen molar-refractivity contribution in [1.82, 2.24) is 10.6 Å². The van der Waals surface area contributed by atoms with Gasteiger partial charge in [-0.25, -0.2) is 9.59 Å². The average Bonchev–Trinajstić information content (AvgIpc) is 3.24. The molecular formula is C22H22N2O7. The third kappa shape index (κ3) is 3.94. The molecule has 2 N–H and O–H groups in total. The van der Waals surface area contributed by atoms with E-state index in [1.54, 1.807) is 43.3 Å². The summed E-state index contributed by atoms with van der Waals surface area (Å²) in [5, 5.41) is 5.40. The molecule has 2 aliphatic rings. The predicted octanol–water partition coefficient (Wildman–Crippen LogP) is 2.80. The molecule has 0 bridgehead atoms. The highest BCUT2D eigenvalue weighted by Crippen LogP contribution is 2.39. The second kappa shape index (κ2) is 8.47. The standard InChI is InChI=1S/C22H22N2O7/c1-12-18(21(25)29-10-13-7-8-15-17(9-13)31-11-30-15)19(24-22(26)23-12)14-5-4-6-16(27-2)20(14)28-3/h4-9,19H,10-11H2,1-3H3,(H2,23,24,26)/t19-/m1/s1. The van der Waals surface area contributed by atoms with E-state index in [2.05, 4.69) is 10.6 Å². The molecule has 1 atom stereocenters. The maximum Gasteiger partial charge on any atom is 0.338 e. The number of esters is 1. The maximum atomic E-state index is 13.1. The molecule has 2 amide bonds. The summed E-state index contributed by atoms with van der Waals surface area (Å²) in [7, 11) is 3.02. The van der Waals surface area contributed by atoms with Crippen molar-refractivity contribution in [2.24, 2.45) is 0 Å². The summed E-state index contributed by atoms with van der Waals surface area (Å²) < 4.78 is 27.1. The Morgan fingerprint density at radius 2 is 1.94 bits per heavy atom. The number of ether oxygens (including phenoxy) is 5. The lowest BCUT2D eigenvalue weighted by Crippen LogP contribution is -2.45. The molecule has 2 aliphatic heterocycles. The normalized spacial score (nSPS) is 17.0. The van der Waals surface area contributed by atoms with Crippen molar-refractivity contribution in [3.05, 3.63) is 58.8 Å². The van der Waals surface area contributed by atoms with Crippen LogP contribution in [0.2, 0.25) is 0 Å². The van der Waals surface area contributed by atoms with Crippen LogP contribution in [0, 0.1) is 0 Å². The van der Waals surface area contributed by atoms with Crippen molar-refractivity contribution in [3.8, 4) is 23.0 Å². The predicted molar refractivity (Wildman–Crippen MR) is 109 cm³/mol. The van der Waals surface area contributed by atoms with E-state index in [-0.39, 0.29) is 19.0 Å². The van der Waals surface area contributed by atoms with Crippen LogP contribution in [0.15, 0.2) is 47.7 Å². The highest BCUT2D eigenvalue weighted by atomic mass is 16.7. The first kappa shape index (κ1) is 20.4. The van der Waals surface area contributed by atoms with E-state index in [0.29, 0.717) is 34.3 Å². The van der Waals surface area contributed by atoms with Gasteiger partial charge >= 0.3 is 12.0 Å². The van der Waals surface area contributed by atoms with Gasteiger partial charge in [-0.2, -0.15) is 0 Å². The SMILES string of the molecule is COc1cccc([C@H]2NC(=O)NC(C)=C2C(=O)OCc2ccc3c(c2)OCO3)c1OC. The Balaban J connectivity index is 1.61. The fourth-order valence-corrected chi connectivity index (χ4v) is 3.59. The number of allylic oxidation sites excluding steroid dienone is 1. The van der Waals surface area contributed by atoms with Gasteiger partial charge in [0.1, 0.15) is 6.61 Å². The molecular weight excluding hydrogens is 404 g/mol. The van der Waals surface area contributed by atoms with Crippen LogP contribution in [0.3, 0.4) is 0 Å². The first-order chi connectivity index (χ1) is 15.0. The number of fused-ring (bicyclic) bond motifs is 1. The Bertz CT molecular complexity index is 1060. The van der Waals surface area contributed by atoms with E-state index in [9.17, 15) is 9.59 Å². The zero-order valence-corrected chi connectivity index (χ0v) is 17.3. The van der Waals surface area contributed by atoms with Crippen LogP contribution in [0.1, 0.15) is 24.1 Å². The van der Waals surface area contributed by atoms with Gasteiger partial charge < -0.3 is 34.3 Å². The molecule has 162 valence electrons. The lowest BCUT2D eigenvalue weighted by Gasteiger charge is -2.29. The molecule has 9 nitrogen and oxygen atoms in total. The first-order valence-corrected chi connectivity index (χ1v) is 9.56. The monoisotopic (exact) mass is 426 g/mol. The minimum atomic E-state index is -0.775. The number of amides is 2. The second-order valence-corrected chi connectivity index (χ2v) is 6.92. The molecule has 0 radical (unpaired) electrons. The Kier molecular flexibility index (Phi) is 5.57. The molecule has 0 aliphatic carbocycles. The highest BCUT2D eigenvalue weighted by Gasteiger charge is 2.34. The van der Waals surface area contributed by atoms with E-state index in [0.717, 1.165) is 5.56 Å². The summed E-state index contributed by atoms with van der Waals surface area (Å²) in [6.45, 7) is 1.85. The van der Waals surface area contributed by atoms with Crippen LogP contribution < -0.4 is 29.6 Å². The van der Waals surface area contributed by atoms with E-state index < -0.39 is 18.0 Å². The first-order valence-electron chi connectivity index (χ1n) is 9.56. The van der Waals surface area contributed by atoms with Crippen LogP contribution in [-0.4, -0.2) is 33.0 Å². The van der Waals surface area contributed by atoms with E-state index in [1.807, 2.05) is 0 Å². The van der Waals surface area contributed by atoms with E-state index in [4.69, 9.17) is 23.7 Å². The largest absolute Gasteiger partial charge is 0.493 e. The van der Waals surface area contributed by atoms with Crippen LogP contribution >= 0.6 is 0 Å². The Labute approximate surface area is 178 Å². The molecule has 2 heterocycles. The lowest BCUT2D eigenvalue weighted by molar-refractivity contribution is -0.140. The number of nitrogens with one attached hydrogen (secondary N) is 2. The second-order valence-electron chi connectivity index (χ2n) is 6.92. The number of hydrogen-bond acceptors (Lipinski definition) is 7. The molecule has 2 aromatic rings. The number of benzene rings is 2. The summed E-state index contributed by atoms with van der Waals surface area (Å²) in [6, 6.07) is 9.38. The zero-order valence-electron chi connectivity index (χ0n) is 17.3. The Hall–Kier alpha value is -3.88. The van der Waals surface area contributed by atoms with Crippen molar-refractivity contribution < 1.29 is 33.3 Å². The fourth-order valence-electron chi connectivity index (χ4n) is 3.59. The molecule has 0 saturated carbocycles. The van der Waals surface area contributed by atoms with Gasteiger partial charge in [0.05, 0.1) is 25.8 Å². The van der Waals surface area contributed by atoms with Gasteiger partial charge in [0, 0.05) is 11.3 Å². The quantitative estimate of drug-likeness (QED) is 0.685. The maximum absolute atomic E-state index is 13.1. The summed E-state index contributed by atoms with van der Waals surface area (Å²) in [5.74, 6) is 1.59. The molecule has 0 saturated heterocycles. The Morgan fingerprint density at radius 1 is 1.13 bits per heavy atom. The molecule has 0 fully saturated rings. The van der Waals surface area contributed by atoms with Crippen LogP contribution in [0.5, 0.6) is 23.0 Å². The Morgan fingerprint density at radius 3 is 2.71 bits per heavy atom. The van der Waals surface area contributed by atoms with Gasteiger partial charge in [0.15, 0.2) is 23.0 Å². The lowest BCUT2D eigenvalue weighted by atomic mass is 9.94. The van der Waals surface area contributed by atoms with Crippen molar-refractivity contribution >= 4 is 12.0 Å². The number of hydrogen-bond donors (Lipinski definition) is 2. The number of rotatable bonds is 6. The van der Waals surface area contributed by atoms with Crippen LogP contribution in [0.25, 0.3) is 0 Å². The number of methoxy groups -OCH3 is 2. The number of para-hydroxylation sites is 1. The van der Waals surface area contributed by atoms with E-state index in [1.165, 1.54) is 14.2 Å².